The topological polar surface area (TPSA) is 49.0 Å². The van der Waals surface area contributed by atoms with Crippen LogP contribution in [0.4, 0.5) is 4.39 Å². The number of benzene rings is 2. The molecule has 132 valence electrons. The van der Waals surface area contributed by atoms with Gasteiger partial charge >= 0.3 is 0 Å². The van der Waals surface area contributed by atoms with Crippen molar-refractivity contribution >= 4 is 16.9 Å². The van der Waals surface area contributed by atoms with E-state index in [1.54, 1.807) is 6.33 Å². The van der Waals surface area contributed by atoms with E-state index in [0.29, 0.717) is 11.5 Å². The first-order valence-electron chi connectivity index (χ1n) is 9.21. The number of hydrogen-bond donors (Lipinski definition) is 1. The molecule has 1 N–H and O–H groups in total. The van der Waals surface area contributed by atoms with Gasteiger partial charge in [-0.25, -0.2) is 9.37 Å². The molecule has 3 aromatic rings. The van der Waals surface area contributed by atoms with E-state index >= 15 is 0 Å². The number of para-hydroxylation sites is 1. The Bertz CT molecular complexity index is 951. The normalized spacial score (nSPS) is 25.0. The number of nitrogens with one attached hydrogen (secondary N) is 1. The van der Waals surface area contributed by atoms with Crippen molar-refractivity contribution in [1.29, 1.82) is 0 Å². The first-order chi connectivity index (χ1) is 12.7. The molecule has 26 heavy (non-hydrogen) atoms. The summed E-state index contributed by atoms with van der Waals surface area (Å²) in [5.74, 6) is 0.294. The maximum atomic E-state index is 13.3. The van der Waals surface area contributed by atoms with Gasteiger partial charge in [0.05, 0.1) is 17.4 Å². The highest BCUT2D eigenvalue weighted by Crippen LogP contribution is 2.44. The van der Waals surface area contributed by atoms with Gasteiger partial charge in [-0.1, -0.05) is 18.2 Å². The molecule has 4 nitrogen and oxygen atoms in total. The standard InChI is InChI=1S/C21H20FN3O/c22-15-6-4-13(5-7-15)14-10-16-8-9-17(11-14)25(16)21(26)18-2-1-3-19-20(18)24-12-23-19/h1-7,12,14,16-17H,8-11H2,(H,23,24). The van der Waals surface area contributed by atoms with Crippen LogP contribution in [0.1, 0.15) is 47.5 Å². The minimum absolute atomic E-state index is 0.0905. The van der Waals surface area contributed by atoms with Crippen LogP contribution >= 0.6 is 0 Å². The highest BCUT2D eigenvalue weighted by Gasteiger charge is 2.44. The quantitative estimate of drug-likeness (QED) is 0.752. The molecule has 2 bridgehead atoms. The van der Waals surface area contributed by atoms with E-state index in [4.69, 9.17) is 0 Å². The molecule has 0 radical (unpaired) electrons. The summed E-state index contributed by atoms with van der Waals surface area (Å²) in [4.78, 5) is 22.8. The lowest BCUT2D eigenvalue weighted by atomic mass is 9.84. The van der Waals surface area contributed by atoms with Crippen LogP contribution in [-0.2, 0) is 0 Å². The molecule has 2 atom stereocenters. The lowest BCUT2D eigenvalue weighted by molar-refractivity contribution is 0.0573. The fraction of sp³-hybridized carbons (Fsp3) is 0.333. The molecule has 3 heterocycles. The van der Waals surface area contributed by atoms with Crippen LogP contribution in [0.25, 0.3) is 11.0 Å². The molecule has 0 spiro atoms. The van der Waals surface area contributed by atoms with E-state index < -0.39 is 0 Å². The third-order valence-corrected chi connectivity index (χ3v) is 5.99. The Morgan fingerprint density at radius 2 is 1.81 bits per heavy atom. The van der Waals surface area contributed by atoms with E-state index in [2.05, 4.69) is 14.9 Å². The number of imidazole rings is 1. The first kappa shape index (κ1) is 15.6. The minimum Gasteiger partial charge on any atom is -0.345 e. The number of carbonyl (C=O) groups excluding carboxylic acids is 1. The smallest absolute Gasteiger partial charge is 0.256 e. The highest BCUT2D eigenvalue weighted by molar-refractivity contribution is 6.05. The monoisotopic (exact) mass is 349 g/mol. The predicted molar refractivity (Wildman–Crippen MR) is 97.4 cm³/mol. The molecule has 1 amide bonds. The van der Waals surface area contributed by atoms with Gasteiger partial charge < -0.3 is 9.88 Å². The Labute approximate surface area is 151 Å². The summed E-state index contributed by atoms with van der Waals surface area (Å²) in [7, 11) is 0. The summed E-state index contributed by atoms with van der Waals surface area (Å²) in [5, 5.41) is 0. The van der Waals surface area contributed by atoms with Gasteiger partial charge in [-0.05, 0) is 61.4 Å². The number of halogens is 1. The van der Waals surface area contributed by atoms with Crippen molar-refractivity contribution in [3.8, 4) is 0 Å². The van der Waals surface area contributed by atoms with Crippen molar-refractivity contribution in [3.05, 3.63) is 65.7 Å². The number of piperidine rings is 1. The molecule has 1 aromatic heterocycles. The molecule has 5 heteroatoms. The van der Waals surface area contributed by atoms with Gasteiger partial charge in [0.15, 0.2) is 0 Å². The Hall–Kier alpha value is -2.69. The zero-order valence-corrected chi connectivity index (χ0v) is 14.4. The maximum absolute atomic E-state index is 13.3. The van der Waals surface area contributed by atoms with Gasteiger partial charge in [0, 0.05) is 12.1 Å². The molecule has 2 saturated heterocycles. The summed E-state index contributed by atoms with van der Waals surface area (Å²) in [6, 6.07) is 13.1. The minimum atomic E-state index is -0.198. The van der Waals surface area contributed by atoms with E-state index in [0.717, 1.165) is 36.7 Å². The Balaban J connectivity index is 1.43. The average Bonchev–Trinajstić information content (AvgIpc) is 3.23. The van der Waals surface area contributed by atoms with Gasteiger partial charge in [0.25, 0.3) is 5.91 Å². The lowest BCUT2D eigenvalue weighted by Gasteiger charge is -2.39. The van der Waals surface area contributed by atoms with Crippen molar-refractivity contribution in [2.75, 3.05) is 0 Å². The average molecular weight is 349 g/mol. The first-order valence-corrected chi connectivity index (χ1v) is 9.21. The van der Waals surface area contributed by atoms with Crippen molar-refractivity contribution in [2.45, 2.75) is 43.7 Å². The highest BCUT2D eigenvalue weighted by atomic mass is 19.1. The Kier molecular flexibility index (Phi) is 3.55. The Morgan fingerprint density at radius 3 is 2.54 bits per heavy atom. The fourth-order valence-electron chi connectivity index (χ4n) is 4.79. The van der Waals surface area contributed by atoms with Crippen molar-refractivity contribution < 1.29 is 9.18 Å². The van der Waals surface area contributed by atoms with E-state index in [-0.39, 0.29) is 23.8 Å². The number of nitrogens with zero attached hydrogens (tertiary/aromatic N) is 2. The fourth-order valence-corrected chi connectivity index (χ4v) is 4.79. The molecule has 0 aliphatic carbocycles. The molecular formula is C21H20FN3O. The van der Waals surface area contributed by atoms with Crippen LogP contribution < -0.4 is 0 Å². The second-order valence-corrected chi connectivity index (χ2v) is 7.42. The molecule has 2 aromatic carbocycles. The molecule has 2 aliphatic rings. The van der Waals surface area contributed by atoms with Crippen molar-refractivity contribution in [2.24, 2.45) is 0 Å². The van der Waals surface area contributed by atoms with Crippen LogP contribution in [0.15, 0.2) is 48.8 Å². The second kappa shape index (κ2) is 5.94. The van der Waals surface area contributed by atoms with Gasteiger partial charge in [0.2, 0.25) is 0 Å². The largest absolute Gasteiger partial charge is 0.345 e. The number of fused-ring (bicyclic) bond motifs is 3. The summed E-state index contributed by atoms with van der Waals surface area (Å²) in [6.45, 7) is 0. The number of carbonyl (C=O) groups is 1. The molecular weight excluding hydrogens is 329 g/mol. The molecule has 2 fully saturated rings. The summed E-state index contributed by atoms with van der Waals surface area (Å²) in [6.07, 6.45) is 5.63. The van der Waals surface area contributed by atoms with Crippen LogP contribution in [-0.4, -0.2) is 32.9 Å². The van der Waals surface area contributed by atoms with Gasteiger partial charge in [-0.3, -0.25) is 4.79 Å². The van der Waals surface area contributed by atoms with Crippen LogP contribution in [0, 0.1) is 5.82 Å². The zero-order chi connectivity index (χ0) is 17.7. The van der Waals surface area contributed by atoms with E-state index in [9.17, 15) is 9.18 Å². The second-order valence-electron chi connectivity index (χ2n) is 7.42. The number of hydrogen-bond acceptors (Lipinski definition) is 2. The summed E-state index contributed by atoms with van der Waals surface area (Å²) >= 11 is 0. The van der Waals surface area contributed by atoms with Gasteiger partial charge in [0.1, 0.15) is 11.3 Å². The van der Waals surface area contributed by atoms with Crippen LogP contribution in [0.3, 0.4) is 0 Å². The summed E-state index contributed by atoms with van der Waals surface area (Å²) in [5.41, 5.74) is 3.51. The predicted octanol–water partition coefficient (Wildman–Crippen LogP) is 4.25. The van der Waals surface area contributed by atoms with Crippen LogP contribution in [0.5, 0.6) is 0 Å². The molecule has 5 rings (SSSR count). The van der Waals surface area contributed by atoms with Gasteiger partial charge in [-0.15, -0.1) is 0 Å². The Morgan fingerprint density at radius 1 is 1.08 bits per heavy atom. The third-order valence-electron chi connectivity index (χ3n) is 5.99. The zero-order valence-electron chi connectivity index (χ0n) is 14.4. The van der Waals surface area contributed by atoms with Crippen LogP contribution in [0.2, 0.25) is 0 Å². The third kappa shape index (κ3) is 2.42. The number of amides is 1. The lowest BCUT2D eigenvalue weighted by Crippen LogP contribution is -2.46. The number of H-pyrrole nitrogens is 1. The van der Waals surface area contributed by atoms with Crippen molar-refractivity contribution in [3.63, 3.8) is 0 Å². The van der Waals surface area contributed by atoms with E-state index in [1.807, 2.05) is 30.3 Å². The van der Waals surface area contributed by atoms with Gasteiger partial charge in [-0.2, -0.15) is 0 Å². The SMILES string of the molecule is O=C(c1cccc2[nH]cnc12)N1C2CCC1CC(c1ccc(F)cc1)C2. The summed E-state index contributed by atoms with van der Waals surface area (Å²) < 4.78 is 13.2. The van der Waals surface area contributed by atoms with E-state index in [1.165, 1.54) is 17.7 Å². The van der Waals surface area contributed by atoms with Crippen molar-refractivity contribution in [1.82, 2.24) is 14.9 Å². The molecule has 0 saturated carbocycles. The number of rotatable bonds is 2. The number of aromatic nitrogens is 2. The maximum Gasteiger partial charge on any atom is 0.256 e. The number of aromatic amines is 1. The molecule has 2 aliphatic heterocycles. The molecule has 2 unspecified atom stereocenters.